The van der Waals surface area contributed by atoms with Gasteiger partial charge in [0.1, 0.15) is 0 Å². The number of anilines is 2. The minimum Gasteiger partial charge on any atom is -0.481 e. The van der Waals surface area contributed by atoms with Crippen LogP contribution in [0.5, 0.6) is 0 Å². The van der Waals surface area contributed by atoms with Crippen LogP contribution in [0.4, 0.5) is 16.2 Å². The Morgan fingerprint density at radius 3 is 2.75 bits per heavy atom. The zero-order valence-corrected chi connectivity index (χ0v) is 14.5. The Labute approximate surface area is 142 Å². The van der Waals surface area contributed by atoms with Crippen molar-refractivity contribution in [2.75, 3.05) is 37.4 Å². The molecule has 0 radical (unpaired) electrons. The van der Waals surface area contributed by atoms with Crippen LogP contribution in [0.25, 0.3) is 0 Å². The van der Waals surface area contributed by atoms with Crippen molar-refractivity contribution in [3.63, 3.8) is 0 Å². The van der Waals surface area contributed by atoms with E-state index < -0.39 is 11.4 Å². The SMILES string of the molecule is Cc1c(NC(=O)N2C[C@@H]3CCC[C@@]3(C(=O)O)C2)cccc1N(C)C. The van der Waals surface area contributed by atoms with Gasteiger partial charge in [-0.2, -0.15) is 0 Å². The van der Waals surface area contributed by atoms with Crippen LogP contribution in [-0.4, -0.2) is 49.2 Å². The molecule has 1 saturated heterocycles. The molecule has 2 amide bonds. The van der Waals surface area contributed by atoms with Gasteiger partial charge in [0.05, 0.1) is 5.41 Å². The molecule has 1 aliphatic carbocycles. The number of amides is 2. The number of nitrogens with zero attached hydrogens (tertiary/aromatic N) is 2. The minimum absolute atomic E-state index is 0.0787. The third kappa shape index (κ3) is 2.60. The van der Waals surface area contributed by atoms with Crippen LogP contribution in [-0.2, 0) is 4.79 Å². The molecule has 1 aliphatic heterocycles. The molecule has 1 saturated carbocycles. The van der Waals surface area contributed by atoms with Crippen LogP contribution in [0.15, 0.2) is 18.2 Å². The Bertz CT molecular complexity index is 673. The first kappa shape index (κ1) is 16.6. The van der Waals surface area contributed by atoms with Gasteiger partial charge in [-0.25, -0.2) is 4.79 Å². The van der Waals surface area contributed by atoms with Crippen LogP contribution in [0.2, 0.25) is 0 Å². The number of likely N-dealkylation sites (tertiary alicyclic amines) is 1. The predicted molar refractivity (Wildman–Crippen MR) is 93.5 cm³/mol. The van der Waals surface area contributed by atoms with Crippen LogP contribution < -0.4 is 10.2 Å². The second-order valence-corrected chi connectivity index (χ2v) is 7.21. The first-order valence-electron chi connectivity index (χ1n) is 8.41. The monoisotopic (exact) mass is 331 g/mol. The zero-order chi connectivity index (χ0) is 17.5. The van der Waals surface area contributed by atoms with E-state index in [1.165, 1.54) is 0 Å². The highest BCUT2D eigenvalue weighted by Gasteiger charge is 2.55. The molecule has 130 valence electrons. The summed E-state index contributed by atoms with van der Waals surface area (Å²) in [6.45, 7) is 2.82. The van der Waals surface area contributed by atoms with Crippen molar-refractivity contribution in [2.24, 2.45) is 11.3 Å². The fraction of sp³-hybridized carbons (Fsp3) is 0.556. The molecule has 0 spiro atoms. The molecule has 1 heterocycles. The first-order valence-corrected chi connectivity index (χ1v) is 8.41. The highest BCUT2D eigenvalue weighted by molar-refractivity contribution is 5.92. The average Bonchev–Trinajstić information content (AvgIpc) is 3.07. The van der Waals surface area contributed by atoms with E-state index in [1.807, 2.05) is 44.1 Å². The lowest BCUT2D eigenvalue weighted by atomic mass is 9.81. The van der Waals surface area contributed by atoms with Crippen molar-refractivity contribution in [1.82, 2.24) is 4.90 Å². The van der Waals surface area contributed by atoms with Gasteiger partial charge in [0.15, 0.2) is 0 Å². The van der Waals surface area contributed by atoms with E-state index in [9.17, 15) is 14.7 Å². The molecule has 3 rings (SSSR count). The molecule has 6 heteroatoms. The number of benzene rings is 1. The normalized spacial score (nSPS) is 25.5. The van der Waals surface area contributed by atoms with Gasteiger partial charge in [-0.15, -0.1) is 0 Å². The number of nitrogens with one attached hydrogen (secondary N) is 1. The number of carboxylic acid groups (broad SMARTS) is 1. The second-order valence-electron chi connectivity index (χ2n) is 7.21. The molecular formula is C18H25N3O3. The summed E-state index contributed by atoms with van der Waals surface area (Å²) in [5.41, 5.74) is 2.08. The number of fused-ring (bicyclic) bond motifs is 1. The smallest absolute Gasteiger partial charge is 0.321 e. The number of rotatable bonds is 3. The van der Waals surface area contributed by atoms with E-state index in [0.717, 1.165) is 29.8 Å². The summed E-state index contributed by atoms with van der Waals surface area (Å²) in [6.07, 6.45) is 2.51. The molecule has 2 N–H and O–H groups in total. The lowest BCUT2D eigenvalue weighted by molar-refractivity contribution is -0.149. The molecule has 0 aromatic heterocycles. The molecular weight excluding hydrogens is 306 g/mol. The number of urea groups is 1. The Hall–Kier alpha value is -2.24. The fourth-order valence-corrected chi connectivity index (χ4v) is 4.23. The summed E-state index contributed by atoms with van der Waals surface area (Å²) in [6, 6.07) is 5.59. The van der Waals surface area contributed by atoms with Gasteiger partial charge in [0.25, 0.3) is 0 Å². The summed E-state index contributed by atoms with van der Waals surface area (Å²) in [7, 11) is 3.93. The van der Waals surface area contributed by atoms with E-state index in [1.54, 1.807) is 4.90 Å². The van der Waals surface area contributed by atoms with E-state index in [4.69, 9.17) is 0 Å². The number of carboxylic acids is 1. The van der Waals surface area contributed by atoms with Crippen LogP contribution in [0, 0.1) is 18.3 Å². The summed E-state index contributed by atoms with van der Waals surface area (Å²) in [5.74, 6) is -0.680. The Kier molecular flexibility index (Phi) is 4.15. The molecule has 0 bridgehead atoms. The van der Waals surface area contributed by atoms with Gasteiger partial charge in [-0.3, -0.25) is 4.79 Å². The largest absolute Gasteiger partial charge is 0.481 e. The summed E-state index contributed by atoms with van der Waals surface area (Å²) >= 11 is 0. The maximum absolute atomic E-state index is 12.7. The maximum atomic E-state index is 12.7. The lowest BCUT2D eigenvalue weighted by Crippen LogP contribution is -2.38. The fourth-order valence-electron chi connectivity index (χ4n) is 4.23. The number of carbonyl (C=O) groups excluding carboxylic acids is 1. The summed E-state index contributed by atoms with van der Waals surface area (Å²) in [4.78, 5) is 28.1. The summed E-state index contributed by atoms with van der Waals surface area (Å²) in [5, 5.41) is 12.6. The second kappa shape index (κ2) is 6.00. The van der Waals surface area contributed by atoms with Gasteiger partial charge in [0.2, 0.25) is 0 Å². The molecule has 2 aliphatic rings. The molecule has 2 atom stereocenters. The van der Waals surface area contributed by atoms with Crippen LogP contribution >= 0.6 is 0 Å². The van der Waals surface area contributed by atoms with Crippen LogP contribution in [0.3, 0.4) is 0 Å². The van der Waals surface area contributed by atoms with Crippen molar-refractivity contribution in [2.45, 2.75) is 26.2 Å². The number of carbonyl (C=O) groups is 2. The van der Waals surface area contributed by atoms with Gasteiger partial charge < -0.3 is 20.2 Å². The number of aliphatic carboxylic acids is 1. The van der Waals surface area contributed by atoms with Crippen LogP contribution in [0.1, 0.15) is 24.8 Å². The van der Waals surface area contributed by atoms with Crippen molar-refractivity contribution in [3.05, 3.63) is 23.8 Å². The zero-order valence-electron chi connectivity index (χ0n) is 14.5. The number of hydrogen-bond donors (Lipinski definition) is 2. The minimum atomic E-state index is -0.758. The van der Waals surface area contributed by atoms with Gasteiger partial charge in [-0.05, 0) is 43.4 Å². The van der Waals surface area contributed by atoms with Crippen molar-refractivity contribution in [1.29, 1.82) is 0 Å². The van der Waals surface area contributed by atoms with Crippen molar-refractivity contribution in [3.8, 4) is 0 Å². The molecule has 1 aromatic rings. The molecule has 0 unspecified atom stereocenters. The Morgan fingerprint density at radius 2 is 2.12 bits per heavy atom. The standard InChI is InChI=1S/C18H25N3O3/c1-12-14(7-4-8-15(12)20(2)3)19-17(24)21-10-13-6-5-9-18(13,11-21)16(22)23/h4,7-8,13H,5-6,9-11H2,1-3H3,(H,19,24)(H,22,23)/t13-,18+/m0/s1. The highest BCUT2D eigenvalue weighted by atomic mass is 16.4. The lowest BCUT2D eigenvalue weighted by Gasteiger charge is -2.24. The third-order valence-electron chi connectivity index (χ3n) is 5.61. The van der Waals surface area contributed by atoms with E-state index in [0.29, 0.717) is 19.5 Å². The maximum Gasteiger partial charge on any atom is 0.321 e. The molecule has 24 heavy (non-hydrogen) atoms. The molecule has 1 aromatic carbocycles. The van der Waals surface area contributed by atoms with Crippen molar-refractivity contribution < 1.29 is 14.7 Å². The molecule has 6 nitrogen and oxygen atoms in total. The Morgan fingerprint density at radius 1 is 1.38 bits per heavy atom. The van der Waals surface area contributed by atoms with Gasteiger partial charge in [-0.1, -0.05) is 12.5 Å². The van der Waals surface area contributed by atoms with E-state index >= 15 is 0 Å². The quantitative estimate of drug-likeness (QED) is 0.893. The van der Waals surface area contributed by atoms with Crippen molar-refractivity contribution >= 4 is 23.4 Å². The van der Waals surface area contributed by atoms with Gasteiger partial charge in [0, 0.05) is 38.6 Å². The van der Waals surface area contributed by atoms with E-state index in [2.05, 4.69) is 5.32 Å². The number of hydrogen-bond acceptors (Lipinski definition) is 3. The topological polar surface area (TPSA) is 72.9 Å². The highest BCUT2D eigenvalue weighted by Crippen LogP contribution is 2.49. The summed E-state index contributed by atoms with van der Waals surface area (Å²) < 4.78 is 0. The molecule has 2 fully saturated rings. The van der Waals surface area contributed by atoms with E-state index in [-0.39, 0.29) is 11.9 Å². The third-order valence-corrected chi connectivity index (χ3v) is 5.61. The van der Waals surface area contributed by atoms with Gasteiger partial charge >= 0.3 is 12.0 Å². The average molecular weight is 331 g/mol. The predicted octanol–water partition coefficient (Wildman–Crippen LogP) is 2.78. The Balaban J connectivity index is 1.75. The first-order chi connectivity index (χ1) is 11.3.